The van der Waals surface area contributed by atoms with Crippen molar-refractivity contribution < 1.29 is 4.79 Å². The third kappa shape index (κ3) is 2.27. The van der Waals surface area contributed by atoms with Crippen molar-refractivity contribution in [2.75, 3.05) is 24.5 Å². The Labute approximate surface area is 114 Å². The molecule has 0 bridgehead atoms. The largest absolute Gasteiger partial charge is 0.364 e. The van der Waals surface area contributed by atoms with Crippen LogP contribution in [0.25, 0.3) is 0 Å². The molecule has 1 N–H and O–H groups in total. The number of rotatable bonds is 1. The molecule has 2 aliphatic rings. The first kappa shape index (κ1) is 12.3. The molecule has 1 aromatic carbocycles. The van der Waals surface area contributed by atoms with Crippen molar-refractivity contribution in [3.05, 3.63) is 29.8 Å². The fourth-order valence-corrected chi connectivity index (χ4v) is 3.09. The van der Waals surface area contributed by atoms with E-state index in [0.717, 1.165) is 26.1 Å². The lowest BCUT2D eigenvalue weighted by molar-refractivity contribution is 0.183. The molecule has 0 saturated carbocycles. The number of anilines is 1. The summed E-state index contributed by atoms with van der Waals surface area (Å²) in [4.78, 5) is 16.5. The predicted octanol–water partition coefficient (Wildman–Crippen LogP) is 1.85. The first-order valence-corrected chi connectivity index (χ1v) is 7.05. The van der Waals surface area contributed by atoms with Crippen molar-refractivity contribution in [1.29, 1.82) is 0 Å². The summed E-state index contributed by atoms with van der Waals surface area (Å²) >= 11 is 0. The first-order valence-electron chi connectivity index (χ1n) is 7.05. The standard InChI is InChI=1S/C15H21N3O/c1-11(2)16-15(19)17-7-8-18-13(10-17)9-12-5-3-4-6-14(12)18/h3-6,11,13H,7-10H2,1-2H3,(H,16,19). The number of carbonyl (C=O) groups is 1. The average Bonchev–Trinajstić information content (AvgIpc) is 2.75. The fourth-order valence-electron chi connectivity index (χ4n) is 3.09. The molecule has 1 atom stereocenters. The lowest BCUT2D eigenvalue weighted by Crippen LogP contribution is -2.56. The normalized spacial score (nSPS) is 21.3. The van der Waals surface area contributed by atoms with Gasteiger partial charge in [0.1, 0.15) is 0 Å². The summed E-state index contributed by atoms with van der Waals surface area (Å²) in [5, 5.41) is 2.98. The molecule has 0 aromatic heterocycles. The number of carbonyl (C=O) groups excluding carboxylic acids is 1. The molecule has 1 unspecified atom stereocenters. The summed E-state index contributed by atoms with van der Waals surface area (Å²) < 4.78 is 0. The van der Waals surface area contributed by atoms with E-state index in [1.54, 1.807) is 0 Å². The van der Waals surface area contributed by atoms with E-state index in [4.69, 9.17) is 0 Å². The Morgan fingerprint density at radius 2 is 2.11 bits per heavy atom. The summed E-state index contributed by atoms with van der Waals surface area (Å²) in [6, 6.07) is 9.31. The molecule has 1 aromatic rings. The Morgan fingerprint density at radius 3 is 2.89 bits per heavy atom. The molecule has 4 heteroatoms. The number of hydrogen-bond donors (Lipinski definition) is 1. The Hall–Kier alpha value is -1.71. The Kier molecular flexibility index (Phi) is 3.09. The van der Waals surface area contributed by atoms with Crippen LogP contribution >= 0.6 is 0 Å². The molecule has 2 aliphatic heterocycles. The van der Waals surface area contributed by atoms with Crippen LogP contribution in [0, 0.1) is 0 Å². The number of urea groups is 1. The molecule has 2 heterocycles. The number of benzene rings is 1. The summed E-state index contributed by atoms with van der Waals surface area (Å²) in [6.07, 6.45) is 1.06. The quantitative estimate of drug-likeness (QED) is 0.835. The van der Waals surface area contributed by atoms with Crippen molar-refractivity contribution in [1.82, 2.24) is 10.2 Å². The van der Waals surface area contributed by atoms with Gasteiger partial charge >= 0.3 is 6.03 Å². The molecule has 102 valence electrons. The Bertz CT molecular complexity index is 486. The molecule has 0 spiro atoms. The van der Waals surface area contributed by atoms with Gasteiger partial charge in [0, 0.05) is 31.4 Å². The van der Waals surface area contributed by atoms with Gasteiger partial charge in [0.2, 0.25) is 0 Å². The highest BCUT2D eigenvalue weighted by Crippen LogP contribution is 2.33. The molecule has 2 amide bonds. The lowest BCUT2D eigenvalue weighted by Gasteiger charge is -2.39. The van der Waals surface area contributed by atoms with E-state index in [0.29, 0.717) is 6.04 Å². The van der Waals surface area contributed by atoms with Gasteiger partial charge in [-0.25, -0.2) is 4.79 Å². The molecule has 0 aliphatic carbocycles. The predicted molar refractivity (Wildman–Crippen MR) is 76.5 cm³/mol. The zero-order chi connectivity index (χ0) is 13.4. The van der Waals surface area contributed by atoms with Crippen LogP contribution in [0.5, 0.6) is 0 Å². The van der Waals surface area contributed by atoms with Gasteiger partial charge < -0.3 is 15.1 Å². The highest BCUT2D eigenvalue weighted by molar-refractivity contribution is 5.75. The minimum absolute atomic E-state index is 0.0746. The minimum Gasteiger partial charge on any atom is -0.364 e. The molecule has 3 rings (SSSR count). The third-order valence-electron chi connectivity index (χ3n) is 3.94. The maximum Gasteiger partial charge on any atom is 0.317 e. The average molecular weight is 259 g/mol. The molecular weight excluding hydrogens is 238 g/mol. The number of nitrogens with one attached hydrogen (secondary N) is 1. The van der Waals surface area contributed by atoms with Crippen LogP contribution in [0.3, 0.4) is 0 Å². The molecule has 19 heavy (non-hydrogen) atoms. The van der Waals surface area contributed by atoms with Gasteiger partial charge in [0.15, 0.2) is 0 Å². The van der Waals surface area contributed by atoms with Gasteiger partial charge in [-0.2, -0.15) is 0 Å². The van der Waals surface area contributed by atoms with Gasteiger partial charge in [-0.3, -0.25) is 0 Å². The van der Waals surface area contributed by atoms with E-state index in [-0.39, 0.29) is 12.1 Å². The Balaban J connectivity index is 1.70. The van der Waals surface area contributed by atoms with Crippen LogP contribution in [0.15, 0.2) is 24.3 Å². The van der Waals surface area contributed by atoms with E-state index >= 15 is 0 Å². The second kappa shape index (κ2) is 4.76. The van der Waals surface area contributed by atoms with Crippen LogP contribution in [0.4, 0.5) is 10.5 Å². The van der Waals surface area contributed by atoms with Gasteiger partial charge in [-0.1, -0.05) is 18.2 Å². The minimum atomic E-state index is 0.0746. The van der Waals surface area contributed by atoms with Crippen molar-refractivity contribution in [2.24, 2.45) is 0 Å². The zero-order valence-corrected chi connectivity index (χ0v) is 11.6. The Morgan fingerprint density at radius 1 is 1.32 bits per heavy atom. The molecule has 1 saturated heterocycles. The number of nitrogens with zero attached hydrogens (tertiary/aromatic N) is 2. The van der Waals surface area contributed by atoms with Gasteiger partial charge in [-0.15, -0.1) is 0 Å². The van der Waals surface area contributed by atoms with Crippen LogP contribution < -0.4 is 10.2 Å². The maximum absolute atomic E-state index is 12.1. The van der Waals surface area contributed by atoms with E-state index in [9.17, 15) is 4.79 Å². The summed E-state index contributed by atoms with van der Waals surface area (Å²) in [5.74, 6) is 0. The van der Waals surface area contributed by atoms with Crippen molar-refractivity contribution >= 4 is 11.7 Å². The van der Waals surface area contributed by atoms with Gasteiger partial charge in [-0.05, 0) is 31.9 Å². The van der Waals surface area contributed by atoms with E-state index in [1.807, 2.05) is 18.7 Å². The van der Waals surface area contributed by atoms with Gasteiger partial charge in [0.05, 0.1) is 6.04 Å². The summed E-state index contributed by atoms with van der Waals surface area (Å²) in [6.45, 7) is 6.57. The third-order valence-corrected chi connectivity index (χ3v) is 3.94. The molecule has 4 nitrogen and oxygen atoms in total. The topological polar surface area (TPSA) is 35.6 Å². The van der Waals surface area contributed by atoms with E-state index in [1.165, 1.54) is 11.3 Å². The first-order chi connectivity index (χ1) is 9.15. The molecule has 1 fully saturated rings. The van der Waals surface area contributed by atoms with Crippen molar-refractivity contribution in [2.45, 2.75) is 32.4 Å². The summed E-state index contributed by atoms with van der Waals surface area (Å²) in [5.41, 5.74) is 2.77. The van der Waals surface area contributed by atoms with E-state index < -0.39 is 0 Å². The van der Waals surface area contributed by atoms with Crippen molar-refractivity contribution in [3.8, 4) is 0 Å². The maximum atomic E-state index is 12.1. The molecule has 0 radical (unpaired) electrons. The number of amides is 2. The van der Waals surface area contributed by atoms with Gasteiger partial charge in [0.25, 0.3) is 0 Å². The SMILES string of the molecule is CC(C)NC(=O)N1CCN2c3ccccc3CC2C1. The number of hydrogen-bond acceptors (Lipinski definition) is 2. The highest BCUT2D eigenvalue weighted by atomic mass is 16.2. The zero-order valence-electron chi connectivity index (χ0n) is 11.6. The van der Waals surface area contributed by atoms with Crippen LogP contribution in [0.1, 0.15) is 19.4 Å². The summed E-state index contributed by atoms with van der Waals surface area (Å²) in [7, 11) is 0. The number of piperazine rings is 1. The van der Waals surface area contributed by atoms with Crippen LogP contribution in [-0.4, -0.2) is 42.6 Å². The number of fused-ring (bicyclic) bond motifs is 3. The monoisotopic (exact) mass is 259 g/mol. The smallest absolute Gasteiger partial charge is 0.317 e. The van der Waals surface area contributed by atoms with Crippen LogP contribution in [-0.2, 0) is 6.42 Å². The van der Waals surface area contributed by atoms with E-state index in [2.05, 4.69) is 34.5 Å². The van der Waals surface area contributed by atoms with Crippen LogP contribution in [0.2, 0.25) is 0 Å². The lowest BCUT2D eigenvalue weighted by atomic mass is 10.1. The number of para-hydroxylation sites is 1. The fraction of sp³-hybridized carbons (Fsp3) is 0.533. The van der Waals surface area contributed by atoms with Crippen molar-refractivity contribution in [3.63, 3.8) is 0 Å². The second-order valence-electron chi connectivity index (χ2n) is 5.73. The highest BCUT2D eigenvalue weighted by Gasteiger charge is 2.35. The second-order valence-corrected chi connectivity index (χ2v) is 5.73. The molecular formula is C15H21N3O.